The maximum atomic E-state index is 13.2. The van der Waals surface area contributed by atoms with Gasteiger partial charge in [0.2, 0.25) is 0 Å². The Morgan fingerprint density at radius 2 is 1.25 bits per heavy atom. The second kappa shape index (κ2) is 7.77. The van der Waals surface area contributed by atoms with Crippen LogP contribution in [0.3, 0.4) is 0 Å². The van der Waals surface area contributed by atoms with E-state index in [2.05, 4.69) is 0 Å². The van der Waals surface area contributed by atoms with Crippen molar-refractivity contribution in [2.24, 2.45) is 5.73 Å². The van der Waals surface area contributed by atoms with E-state index in [1.807, 2.05) is 0 Å². The van der Waals surface area contributed by atoms with Gasteiger partial charge in [-0.3, -0.25) is 14.5 Å². The first-order valence-electron chi connectivity index (χ1n) is 8.97. The van der Waals surface area contributed by atoms with Gasteiger partial charge in [0.25, 0.3) is 11.8 Å². The summed E-state index contributed by atoms with van der Waals surface area (Å²) in [6.07, 6.45) is 2.89. The molecule has 8 heteroatoms. The Balaban J connectivity index is 2.03. The molecule has 0 aromatic heterocycles. The molecule has 28 heavy (non-hydrogen) atoms. The molecule has 1 aliphatic carbocycles. The van der Waals surface area contributed by atoms with Crippen molar-refractivity contribution in [1.82, 2.24) is 4.90 Å². The van der Waals surface area contributed by atoms with E-state index in [4.69, 9.17) is 5.73 Å². The molecule has 2 aromatic rings. The SMILES string of the molecule is N[C@@H]1CCCC[C@H]1N(C(=O)c1ccc(O)c(O)c1)C(=O)c1ccc(O)c(O)c1. The minimum Gasteiger partial charge on any atom is -0.504 e. The molecule has 0 saturated heterocycles. The van der Waals surface area contributed by atoms with Crippen LogP contribution in [-0.2, 0) is 0 Å². The van der Waals surface area contributed by atoms with Crippen LogP contribution >= 0.6 is 0 Å². The lowest BCUT2D eigenvalue weighted by molar-refractivity contribution is 0.0485. The zero-order chi connectivity index (χ0) is 20.4. The fourth-order valence-corrected chi connectivity index (χ4v) is 3.45. The summed E-state index contributed by atoms with van der Waals surface area (Å²) in [5, 5.41) is 38.4. The molecule has 2 aromatic carbocycles. The number of rotatable bonds is 3. The van der Waals surface area contributed by atoms with Gasteiger partial charge < -0.3 is 26.2 Å². The highest BCUT2D eigenvalue weighted by Gasteiger charge is 2.36. The minimum absolute atomic E-state index is 0.0180. The molecular formula is C20H22N2O6. The Kier molecular flexibility index (Phi) is 5.41. The second-order valence-electron chi connectivity index (χ2n) is 6.90. The van der Waals surface area contributed by atoms with Crippen molar-refractivity contribution in [1.29, 1.82) is 0 Å². The van der Waals surface area contributed by atoms with E-state index < -0.39 is 35.4 Å². The Bertz CT molecular complexity index is 850. The van der Waals surface area contributed by atoms with E-state index in [1.54, 1.807) is 0 Å². The van der Waals surface area contributed by atoms with Crippen molar-refractivity contribution < 1.29 is 30.0 Å². The van der Waals surface area contributed by atoms with Crippen LogP contribution in [0, 0.1) is 0 Å². The van der Waals surface area contributed by atoms with Gasteiger partial charge >= 0.3 is 0 Å². The number of imide groups is 1. The van der Waals surface area contributed by atoms with Gasteiger partial charge in [-0.15, -0.1) is 0 Å². The molecule has 8 nitrogen and oxygen atoms in total. The maximum absolute atomic E-state index is 13.2. The summed E-state index contributed by atoms with van der Waals surface area (Å²) >= 11 is 0. The fourth-order valence-electron chi connectivity index (χ4n) is 3.45. The number of nitrogens with two attached hydrogens (primary N) is 1. The van der Waals surface area contributed by atoms with E-state index in [1.165, 1.54) is 24.3 Å². The number of phenols is 4. The molecule has 148 valence electrons. The molecule has 0 aliphatic heterocycles. The van der Waals surface area contributed by atoms with Crippen molar-refractivity contribution in [2.45, 2.75) is 37.8 Å². The van der Waals surface area contributed by atoms with Gasteiger partial charge in [0, 0.05) is 17.2 Å². The van der Waals surface area contributed by atoms with Crippen LogP contribution in [0.1, 0.15) is 46.4 Å². The van der Waals surface area contributed by atoms with Crippen LogP contribution in [0.2, 0.25) is 0 Å². The van der Waals surface area contributed by atoms with E-state index in [0.29, 0.717) is 12.8 Å². The number of phenolic OH excluding ortho intramolecular Hbond substituents is 4. The van der Waals surface area contributed by atoms with Crippen LogP contribution < -0.4 is 5.73 Å². The Hall–Kier alpha value is -3.26. The Morgan fingerprint density at radius 3 is 1.68 bits per heavy atom. The van der Waals surface area contributed by atoms with E-state index in [0.717, 1.165) is 29.9 Å². The van der Waals surface area contributed by atoms with Crippen molar-refractivity contribution in [2.75, 3.05) is 0 Å². The Labute approximate surface area is 161 Å². The van der Waals surface area contributed by atoms with Crippen LogP contribution in [0.15, 0.2) is 36.4 Å². The molecule has 2 amide bonds. The predicted octanol–water partition coefficient (Wildman–Crippen LogP) is 2.06. The predicted molar refractivity (Wildman–Crippen MR) is 100 cm³/mol. The summed E-state index contributed by atoms with van der Waals surface area (Å²) in [4.78, 5) is 27.4. The third kappa shape index (κ3) is 3.72. The van der Waals surface area contributed by atoms with Crippen LogP contribution in [0.4, 0.5) is 0 Å². The van der Waals surface area contributed by atoms with Crippen molar-refractivity contribution in [3.63, 3.8) is 0 Å². The fraction of sp³-hybridized carbons (Fsp3) is 0.300. The van der Waals surface area contributed by atoms with E-state index in [-0.39, 0.29) is 22.6 Å². The average molecular weight is 386 g/mol. The molecule has 0 spiro atoms. The smallest absolute Gasteiger partial charge is 0.261 e. The number of aromatic hydroxyl groups is 4. The quantitative estimate of drug-likeness (QED) is 0.401. The number of amides is 2. The molecule has 0 heterocycles. The summed E-state index contributed by atoms with van der Waals surface area (Å²) in [6.45, 7) is 0. The van der Waals surface area contributed by atoms with Gasteiger partial charge in [-0.2, -0.15) is 0 Å². The highest BCUT2D eigenvalue weighted by molar-refractivity contribution is 6.11. The largest absolute Gasteiger partial charge is 0.504 e. The van der Waals surface area contributed by atoms with E-state index >= 15 is 0 Å². The standard InChI is InChI=1S/C20H22N2O6/c21-13-3-1-2-4-14(13)22(19(27)11-5-7-15(23)17(25)9-11)20(28)12-6-8-16(24)18(26)10-12/h5-10,13-14,23-26H,1-4,21H2/t13-,14-/m1/s1. The van der Waals surface area contributed by atoms with Crippen LogP contribution in [0.25, 0.3) is 0 Å². The zero-order valence-electron chi connectivity index (χ0n) is 15.1. The lowest BCUT2D eigenvalue weighted by atomic mass is 9.89. The molecule has 0 bridgehead atoms. The third-order valence-corrected chi connectivity index (χ3v) is 5.00. The lowest BCUT2D eigenvalue weighted by Crippen LogP contribution is -2.54. The maximum Gasteiger partial charge on any atom is 0.261 e. The number of nitrogens with zero attached hydrogens (tertiary/aromatic N) is 1. The number of hydrogen-bond acceptors (Lipinski definition) is 7. The summed E-state index contributed by atoms with van der Waals surface area (Å²) in [7, 11) is 0. The molecule has 0 radical (unpaired) electrons. The van der Waals surface area contributed by atoms with Gasteiger partial charge in [0.05, 0.1) is 6.04 Å². The first kappa shape index (κ1) is 19.5. The van der Waals surface area contributed by atoms with Crippen LogP contribution in [0.5, 0.6) is 23.0 Å². The highest BCUT2D eigenvalue weighted by atomic mass is 16.3. The molecule has 1 fully saturated rings. The monoisotopic (exact) mass is 386 g/mol. The molecule has 3 rings (SSSR count). The number of benzene rings is 2. The zero-order valence-corrected chi connectivity index (χ0v) is 15.1. The number of hydrogen-bond donors (Lipinski definition) is 5. The molecule has 0 unspecified atom stereocenters. The summed E-state index contributed by atoms with van der Waals surface area (Å²) in [5.41, 5.74) is 6.23. The molecule has 1 aliphatic rings. The average Bonchev–Trinajstić information content (AvgIpc) is 2.67. The van der Waals surface area contributed by atoms with Gasteiger partial charge in [-0.25, -0.2) is 0 Å². The highest BCUT2D eigenvalue weighted by Crippen LogP contribution is 2.31. The third-order valence-electron chi connectivity index (χ3n) is 5.00. The van der Waals surface area contributed by atoms with Crippen molar-refractivity contribution >= 4 is 11.8 Å². The summed E-state index contributed by atoms with van der Waals surface area (Å²) < 4.78 is 0. The van der Waals surface area contributed by atoms with E-state index in [9.17, 15) is 30.0 Å². The van der Waals surface area contributed by atoms with Crippen molar-refractivity contribution in [3.8, 4) is 23.0 Å². The number of carbonyl (C=O) groups is 2. The topological polar surface area (TPSA) is 144 Å². The first-order valence-corrected chi connectivity index (χ1v) is 8.97. The molecule has 2 atom stereocenters. The molecule has 6 N–H and O–H groups in total. The van der Waals surface area contributed by atoms with Crippen LogP contribution in [-0.4, -0.2) is 49.2 Å². The normalized spacial score (nSPS) is 19.2. The lowest BCUT2D eigenvalue weighted by Gasteiger charge is -2.37. The Morgan fingerprint density at radius 1 is 0.786 bits per heavy atom. The van der Waals surface area contributed by atoms with Gasteiger partial charge in [-0.05, 0) is 49.2 Å². The summed E-state index contributed by atoms with van der Waals surface area (Å²) in [6, 6.07) is 6.15. The summed E-state index contributed by atoms with van der Waals surface area (Å²) in [5.74, 6) is -3.06. The van der Waals surface area contributed by atoms with Gasteiger partial charge in [-0.1, -0.05) is 12.8 Å². The van der Waals surface area contributed by atoms with Gasteiger partial charge in [0.1, 0.15) is 0 Å². The molecule has 1 saturated carbocycles. The van der Waals surface area contributed by atoms with Crippen molar-refractivity contribution in [3.05, 3.63) is 47.5 Å². The number of carbonyl (C=O) groups excluding carboxylic acids is 2. The van der Waals surface area contributed by atoms with Gasteiger partial charge in [0.15, 0.2) is 23.0 Å². The molecular weight excluding hydrogens is 364 g/mol. The minimum atomic E-state index is -0.671. The first-order chi connectivity index (χ1) is 13.3. The second-order valence-corrected chi connectivity index (χ2v) is 6.90.